The summed E-state index contributed by atoms with van der Waals surface area (Å²) in [6.07, 6.45) is 4.04. The molecule has 0 aromatic heterocycles. The van der Waals surface area contributed by atoms with Crippen LogP contribution < -0.4 is 0 Å². The molecule has 1 aliphatic carbocycles. The molecule has 0 atom stereocenters. The number of hydrogen-bond acceptors (Lipinski definition) is 3. The van der Waals surface area contributed by atoms with Gasteiger partial charge in [-0.3, -0.25) is 14.4 Å². The van der Waals surface area contributed by atoms with Gasteiger partial charge in [0.2, 0.25) is 11.6 Å². The largest absolute Gasteiger partial charge is 0.290 e. The summed E-state index contributed by atoms with van der Waals surface area (Å²) in [6, 6.07) is 0. The van der Waals surface area contributed by atoms with Gasteiger partial charge in [-0.15, -0.1) is 0 Å². The zero-order chi connectivity index (χ0) is 16.5. The maximum atomic E-state index is 12.8. The van der Waals surface area contributed by atoms with Gasteiger partial charge >= 0.3 is 0 Å². The molecule has 0 aromatic rings. The molecule has 1 aliphatic rings. The monoisotopic (exact) mass is 294 g/mol. The van der Waals surface area contributed by atoms with Gasteiger partial charge in [-0.2, -0.15) is 0 Å². The molecule has 0 aliphatic heterocycles. The van der Waals surface area contributed by atoms with Crippen LogP contribution in [0.15, 0.2) is 0 Å². The molecule has 0 aromatic carbocycles. The zero-order valence-electron chi connectivity index (χ0n) is 14.5. The fourth-order valence-corrected chi connectivity index (χ4v) is 5.53. The van der Waals surface area contributed by atoms with Crippen LogP contribution in [0, 0.1) is 16.2 Å². The van der Waals surface area contributed by atoms with Crippen LogP contribution in [0.5, 0.6) is 0 Å². The van der Waals surface area contributed by atoms with Gasteiger partial charge in [-0.1, -0.05) is 41.5 Å². The third-order valence-corrected chi connectivity index (χ3v) is 6.74. The third-order valence-electron chi connectivity index (χ3n) is 6.74. The Morgan fingerprint density at radius 1 is 0.571 bits per heavy atom. The lowest BCUT2D eigenvalue weighted by molar-refractivity contribution is -0.182. The fourth-order valence-electron chi connectivity index (χ4n) is 5.53. The van der Waals surface area contributed by atoms with Crippen molar-refractivity contribution in [2.75, 3.05) is 0 Å². The Balaban J connectivity index is 3.83. The van der Waals surface area contributed by atoms with Gasteiger partial charge < -0.3 is 0 Å². The number of ketones is 3. The van der Waals surface area contributed by atoms with E-state index in [2.05, 4.69) is 13.8 Å². The topological polar surface area (TPSA) is 51.2 Å². The molecular formula is C18H30O3. The van der Waals surface area contributed by atoms with Gasteiger partial charge in [-0.25, -0.2) is 0 Å². The van der Waals surface area contributed by atoms with Crippen molar-refractivity contribution >= 4 is 17.3 Å². The first-order chi connectivity index (χ1) is 9.84. The Bertz CT molecular complexity index is 399. The Labute approximate surface area is 128 Å². The second kappa shape index (κ2) is 6.02. The third kappa shape index (κ3) is 1.82. The van der Waals surface area contributed by atoms with Gasteiger partial charge in [0.1, 0.15) is 0 Å². The summed E-state index contributed by atoms with van der Waals surface area (Å²) in [5.41, 5.74) is -1.78. The van der Waals surface area contributed by atoms with E-state index in [4.69, 9.17) is 0 Å². The molecule has 3 heteroatoms. The standard InChI is InChI=1S/C18H30O3/c1-7-16(8-2)14(20)13(19)15(21)17(9-3,10-4)18(16,11-5)12-6/h7-12H2,1-6H3. The summed E-state index contributed by atoms with van der Waals surface area (Å²) < 4.78 is 0. The van der Waals surface area contributed by atoms with Crippen LogP contribution in [0.3, 0.4) is 0 Å². The number of hydrogen-bond donors (Lipinski definition) is 0. The summed E-state index contributed by atoms with van der Waals surface area (Å²) in [4.78, 5) is 38.0. The molecule has 3 nitrogen and oxygen atoms in total. The van der Waals surface area contributed by atoms with Crippen molar-refractivity contribution in [3.8, 4) is 0 Å². The van der Waals surface area contributed by atoms with Crippen LogP contribution in [0.4, 0.5) is 0 Å². The number of Topliss-reactive ketones (excluding diaryl/α,β-unsaturated/α-hetero) is 3. The molecule has 120 valence electrons. The molecule has 1 saturated carbocycles. The van der Waals surface area contributed by atoms with Gasteiger partial charge in [0.15, 0.2) is 0 Å². The van der Waals surface area contributed by atoms with E-state index in [1.165, 1.54) is 0 Å². The van der Waals surface area contributed by atoms with Crippen LogP contribution in [0.1, 0.15) is 80.1 Å². The highest BCUT2D eigenvalue weighted by molar-refractivity contribution is 6.67. The van der Waals surface area contributed by atoms with E-state index in [1.807, 2.05) is 27.7 Å². The van der Waals surface area contributed by atoms with E-state index < -0.39 is 33.6 Å². The van der Waals surface area contributed by atoms with E-state index >= 15 is 0 Å². The molecule has 21 heavy (non-hydrogen) atoms. The van der Waals surface area contributed by atoms with E-state index in [9.17, 15) is 14.4 Å². The second-order valence-electron chi connectivity index (χ2n) is 6.36. The van der Waals surface area contributed by atoms with Gasteiger partial charge in [0, 0.05) is 10.8 Å². The maximum absolute atomic E-state index is 12.8. The summed E-state index contributed by atoms with van der Waals surface area (Å²) in [5, 5.41) is 0. The quantitative estimate of drug-likeness (QED) is 0.692. The summed E-state index contributed by atoms with van der Waals surface area (Å²) in [7, 11) is 0. The van der Waals surface area contributed by atoms with Crippen LogP contribution >= 0.6 is 0 Å². The highest BCUT2D eigenvalue weighted by atomic mass is 16.2. The van der Waals surface area contributed by atoms with Crippen molar-refractivity contribution < 1.29 is 14.4 Å². The molecule has 0 bridgehead atoms. The van der Waals surface area contributed by atoms with Crippen molar-refractivity contribution in [1.29, 1.82) is 0 Å². The molecule has 1 rings (SSSR count). The zero-order valence-corrected chi connectivity index (χ0v) is 14.5. The molecule has 1 fully saturated rings. The first kappa shape index (κ1) is 18.1. The normalized spacial score (nSPS) is 23.4. The maximum Gasteiger partial charge on any atom is 0.265 e. The lowest BCUT2D eigenvalue weighted by atomic mass is 9.39. The van der Waals surface area contributed by atoms with Crippen LogP contribution in [-0.4, -0.2) is 17.3 Å². The predicted octanol–water partition coefficient (Wildman–Crippen LogP) is 4.13. The number of rotatable bonds is 6. The Kier molecular flexibility index (Phi) is 5.18. The highest BCUT2D eigenvalue weighted by Crippen LogP contribution is 2.65. The molecule has 0 heterocycles. The van der Waals surface area contributed by atoms with E-state index in [-0.39, 0.29) is 0 Å². The van der Waals surface area contributed by atoms with Crippen LogP contribution in [-0.2, 0) is 14.4 Å². The van der Waals surface area contributed by atoms with Crippen molar-refractivity contribution in [2.45, 2.75) is 80.1 Å². The Hall–Kier alpha value is -0.990. The lowest BCUT2D eigenvalue weighted by Crippen LogP contribution is -2.67. The van der Waals surface area contributed by atoms with Crippen molar-refractivity contribution in [3.05, 3.63) is 0 Å². The second-order valence-corrected chi connectivity index (χ2v) is 6.36. The number of carbonyl (C=O) groups excluding carboxylic acids is 3. The predicted molar refractivity (Wildman–Crippen MR) is 84.1 cm³/mol. The van der Waals surface area contributed by atoms with Gasteiger partial charge in [-0.05, 0) is 43.9 Å². The molecule has 0 spiro atoms. The van der Waals surface area contributed by atoms with E-state index in [1.54, 1.807) is 0 Å². The van der Waals surface area contributed by atoms with E-state index in [0.717, 1.165) is 12.8 Å². The van der Waals surface area contributed by atoms with Gasteiger partial charge in [0.05, 0.1) is 0 Å². The lowest BCUT2D eigenvalue weighted by Gasteiger charge is -2.61. The minimum atomic E-state index is -0.750. The van der Waals surface area contributed by atoms with Crippen LogP contribution in [0.2, 0.25) is 0 Å². The van der Waals surface area contributed by atoms with Crippen LogP contribution in [0.25, 0.3) is 0 Å². The average molecular weight is 294 g/mol. The summed E-state index contributed by atoms with van der Waals surface area (Å²) in [5.74, 6) is -1.61. The molecule has 0 N–H and O–H groups in total. The average Bonchev–Trinajstić information content (AvgIpc) is 2.53. The van der Waals surface area contributed by atoms with Crippen molar-refractivity contribution in [1.82, 2.24) is 0 Å². The van der Waals surface area contributed by atoms with E-state index in [0.29, 0.717) is 25.7 Å². The van der Waals surface area contributed by atoms with Gasteiger partial charge in [0.25, 0.3) is 5.78 Å². The summed E-state index contributed by atoms with van der Waals surface area (Å²) >= 11 is 0. The highest BCUT2D eigenvalue weighted by Gasteiger charge is 2.69. The first-order valence-electron chi connectivity index (χ1n) is 8.48. The minimum absolute atomic E-state index is 0.408. The molecule has 0 unspecified atom stereocenters. The van der Waals surface area contributed by atoms with Crippen molar-refractivity contribution in [3.63, 3.8) is 0 Å². The first-order valence-corrected chi connectivity index (χ1v) is 8.48. The Morgan fingerprint density at radius 2 is 0.857 bits per heavy atom. The summed E-state index contributed by atoms with van der Waals surface area (Å²) in [6.45, 7) is 12.1. The van der Waals surface area contributed by atoms with Crippen molar-refractivity contribution in [2.24, 2.45) is 16.2 Å². The molecule has 0 saturated heterocycles. The minimum Gasteiger partial charge on any atom is -0.290 e. The number of carbonyl (C=O) groups is 3. The smallest absolute Gasteiger partial charge is 0.265 e. The molecule has 0 amide bonds. The molecular weight excluding hydrogens is 264 g/mol. The Morgan fingerprint density at radius 3 is 1.05 bits per heavy atom. The SMILES string of the molecule is CCC1(CC)C(=O)C(=O)C(=O)C(CC)(CC)C1(CC)CC. The molecule has 0 radical (unpaired) electrons. The fraction of sp³-hybridized carbons (Fsp3) is 0.833.